The Balaban J connectivity index is 2.85. The number of hydrogen-bond donors (Lipinski definition) is 2. The van der Waals surface area contributed by atoms with Crippen molar-refractivity contribution in [2.75, 3.05) is 24.2 Å². The fraction of sp³-hybridized carbons (Fsp3) is 0.385. The number of anilines is 1. The van der Waals surface area contributed by atoms with Gasteiger partial charge < -0.3 is 10.4 Å². The molecule has 0 aliphatic heterocycles. The predicted octanol–water partition coefficient (Wildman–Crippen LogP) is 1.71. The van der Waals surface area contributed by atoms with Gasteiger partial charge in [-0.1, -0.05) is 17.7 Å². The van der Waals surface area contributed by atoms with E-state index in [1.807, 2.05) is 0 Å². The first kappa shape index (κ1) is 17.5. The van der Waals surface area contributed by atoms with Crippen LogP contribution >= 0.6 is 11.6 Å². The summed E-state index contributed by atoms with van der Waals surface area (Å²) in [6.07, 6.45) is 1.54. The molecule has 0 radical (unpaired) electrons. The van der Waals surface area contributed by atoms with Crippen molar-refractivity contribution in [2.45, 2.75) is 12.2 Å². The van der Waals surface area contributed by atoms with Crippen LogP contribution in [0.25, 0.3) is 0 Å². The van der Waals surface area contributed by atoms with Gasteiger partial charge in [-0.15, -0.1) is 0 Å². The second-order valence-corrected chi connectivity index (χ2v) is 6.69. The van der Waals surface area contributed by atoms with E-state index in [0.717, 1.165) is 4.90 Å². The lowest BCUT2D eigenvalue weighted by molar-refractivity contribution is -0.135. The molecular formula is C13H17ClN2O4S. The Hall–Kier alpha value is -1.60. The fourth-order valence-corrected chi connectivity index (χ4v) is 2.01. The molecule has 0 spiro atoms. The highest BCUT2D eigenvalue weighted by atomic mass is 35.5. The van der Waals surface area contributed by atoms with Crippen LogP contribution in [0.3, 0.4) is 0 Å². The highest BCUT2D eigenvalue weighted by molar-refractivity contribution is 7.84. The summed E-state index contributed by atoms with van der Waals surface area (Å²) in [5.41, 5.74) is 0.382. The first-order chi connectivity index (χ1) is 9.81. The minimum atomic E-state index is -1.14. The zero-order valence-electron chi connectivity index (χ0n) is 11.7. The number of halogens is 1. The van der Waals surface area contributed by atoms with Crippen molar-refractivity contribution in [3.05, 3.63) is 29.3 Å². The van der Waals surface area contributed by atoms with Crippen molar-refractivity contribution < 1.29 is 18.9 Å². The monoisotopic (exact) mass is 332 g/mol. The quantitative estimate of drug-likeness (QED) is 0.830. The molecule has 0 aromatic heterocycles. The molecule has 8 heteroatoms. The molecule has 0 aliphatic rings. The molecule has 0 bridgehead atoms. The third-order valence-corrected chi connectivity index (χ3v) is 4.30. The van der Waals surface area contributed by atoms with Crippen molar-refractivity contribution in [3.8, 4) is 0 Å². The van der Waals surface area contributed by atoms with Crippen LogP contribution in [-0.2, 0) is 15.6 Å². The molecular weight excluding hydrogens is 316 g/mol. The lowest BCUT2D eigenvalue weighted by Crippen LogP contribution is -2.45. The first-order valence-corrected chi connectivity index (χ1v) is 8.16. The molecule has 0 saturated heterocycles. The lowest BCUT2D eigenvalue weighted by atomic mass is 10.3. The topological polar surface area (TPSA) is 86.7 Å². The van der Waals surface area contributed by atoms with Crippen LogP contribution in [0, 0.1) is 0 Å². The summed E-state index contributed by atoms with van der Waals surface area (Å²) in [7, 11) is -1.07. The number of carbonyl (C=O) groups is 2. The maximum atomic E-state index is 12.1. The van der Waals surface area contributed by atoms with Gasteiger partial charge in [-0.05, 0) is 25.1 Å². The largest absolute Gasteiger partial charge is 0.480 e. The van der Waals surface area contributed by atoms with E-state index in [1.165, 1.54) is 6.07 Å². The van der Waals surface area contributed by atoms with Crippen molar-refractivity contribution in [1.82, 2.24) is 5.32 Å². The number of benzene rings is 1. The van der Waals surface area contributed by atoms with Crippen LogP contribution in [0.1, 0.15) is 6.92 Å². The second-order valence-electron chi connectivity index (χ2n) is 4.46. The van der Waals surface area contributed by atoms with E-state index in [4.69, 9.17) is 16.7 Å². The molecule has 21 heavy (non-hydrogen) atoms. The summed E-state index contributed by atoms with van der Waals surface area (Å²) >= 11 is 5.85. The van der Waals surface area contributed by atoms with Crippen molar-refractivity contribution in [2.24, 2.45) is 0 Å². The Kier molecular flexibility index (Phi) is 6.64. The number of nitrogens with zero attached hydrogens (tertiary/aromatic N) is 1. The molecule has 2 amide bonds. The zero-order valence-corrected chi connectivity index (χ0v) is 13.3. The van der Waals surface area contributed by atoms with Gasteiger partial charge in [-0.3, -0.25) is 13.9 Å². The van der Waals surface area contributed by atoms with Gasteiger partial charge in [0.2, 0.25) is 0 Å². The van der Waals surface area contributed by atoms with Gasteiger partial charge in [0, 0.05) is 39.6 Å². The van der Waals surface area contributed by atoms with Gasteiger partial charge >= 0.3 is 12.0 Å². The van der Waals surface area contributed by atoms with E-state index in [0.29, 0.717) is 10.7 Å². The van der Waals surface area contributed by atoms with Crippen LogP contribution in [0.4, 0.5) is 10.5 Å². The molecule has 2 N–H and O–H groups in total. The lowest BCUT2D eigenvalue weighted by Gasteiger charge is -2.22. The summed E-state index contributed by atoms with van der Waals surface area (Å²) in [5.74, 6) is -1.14. The molecule has 0 heterocycles. The number of nitrogens with one attached hydrogen (secondary N) is 1. The molecule has 2 unspecified atom stereocenters. The van der Waals surface area contributed by atoms with Crippen molar-refractivity contribution in [3.63, 3.8) is 0 Å². The van der Waals surface area contributed by atoms with Crippen molar-refractivity contribution >= 4 is 40.1 Å². The number of aliphatic carboxylic acids is 1. The van der Waals surface area contributed by atoms with Crippen LogP contribution in [0.5, 0.6) is 0 Å². The maximum Gasteiger partial charge on any atom is 0.323 e. The predicted molar refractivity (Wildman–Crippen MR) is 83.4 cm³/mol. The molecule has 0 fully saturated rings. The van der Waals surface area contributed by atoms with Gasteiger partial charge in [0.15, 0.2) is 0 Å². The summed E-state index contributed by atoms with van der Waals surface area (Å²) in [6.45, 7) is 1.44. The third-order valence-electron chi connectivity index (χ3n) is 2.77. The van der Waals surface area contributed by atoms with Crippen LogP contribution in [0.2, 0.25) is 5.02 Å². The number of amides is 2. The average molecular weight is 333 g/mol. The van der Waals surface area contributed by atoms with E-state index in [-0.39, 0.29) is 11.8 Å². The van der Waals surface area contributed by atoms with Crippen LogP contribution < -0.4 is 10.2 Å². The Morgan fingerprint density at radius 1 is 1.48 bits per heavy atom. The summed E-state index contributed by atoms with van der Waals surface area (Å²) < 4.78 is 11.3. The van der Waals surface area contributed by atoms with E-state index in [9.17, 15) is 13.8 Å². The smallest absolute Gasteiger partial charge is 0.323 e. The Bertz CT molecular complexity index is 553. The molecule has 116 valence electrons. The Morgan fingerprint density at radius 2 is 2.14 bits per heavy atom. The Morgan fingerprint density at radius 3 is 2.67 bits per heavy atom. The van der Waals surface area contributed by atoms with Gasteiger partial charge in [0.25, 0.3) is 0 Å². The number of hydrogen-bond acceptors (Lipinski definition) is 3. The normalized spacial score (nSPS) is 13.3. The van der Waals surface area contributed by atoms with E-state index >= 15 is 0 Å². The number of rotatable bonds is 6. The molecule has 2 atom stereocenters. The highest BCUT2D eigenvalue weighted by Gasteiger charge is 2.20. The van der Waals surface area contributed by atoms with Gasteiger partial charge in [-0.2, -0.15) is 0 Å². The molecule has 0 saturated carbocycles. The molecule has 6 nitrogen and oxygen atoms in total. The third kappa shape index (κ3) is 5.73. The highest BCUT2D eigenvalue weighted by Crippen LogP contribution is 2.19. The van der Waals surface area contributed by atoms with E-state index < -0.39 is 29.3 Å². The van der Waals surface area contributed by atoms with Gasteiger partial charge in [0.05, 0.1) is 0 Å². The summed E-state index contributed by atoms with van der Waals surface area (Å²) in [6, 6.07) is 5.78. The van der Waals surface area contributed by atoms with E-state index in [2.05, 4.69) is 5.32 Å². The standard InChI is InChI=1S/C13H17ClN2O4S/c1-9(21(2)20)7-15-13(19)16(8-12(17)18)11-5-3-4-10(14)6-11/h3-6,9H,7-8H2,1-2H3,(H,15,19)(H,17,18). The number of urea groups is 1. The molecule has 1 aromatic rings. The van der Waals surface area contributed by atoms with Gasteiger partial charge in [-0.25, -0.2) is 4.79 Å². The minimum absolute atomic E-state index is 0.193. The fourth-order valence-electron chi connectivity index (χ4n) is 1.50. The number of carboxylic acids is 1. The maximum absolute atomic E-state index is 12.1. The molecule has 1 aromatic carbocycles. The first-order valence-electron chi connectivity index (χ1n) is 6.16. The second kappa shape index (κ2) is 7.99. The minimum Gasteiger partial charge on any atom is -0.480 e. The van der Waals surface area contributed by atoms with Crippen molar-refractivity contribution in [1.29, 1.82) is 0 Å². The van der Waals surface area contributed by atoms with E-state index in [1.54, 1.807) is 31.4 Å². The molecule has 0 aliphatic carbocycles. The molecule has 1 rings (SSSR count). The number of carbonyl (C=O) groups excluding carboxylic acids is 1. The Labute approximate surface area is 130 Å². The van der Waals surface area contributed by atoms with Crippen LogP contribution in [-0.4, -0.2) is 45.9 Å². The SMILES string of the molecule is CC(CNC(=O)N(CC(=O)O)c1cccc(Cl)c1)S(C)=O. The van der Waals surface area contributed by atoms with Crippen LogP contribution in [0.15, 0.2) is 24.3 Å². The summed E-state index contributed by atoms with van der Waals surface area (Å²) in [4.78, 5) is 24.1. The van der Waals surface area contributed by atoms with Gasteiger partial charge in [0.1, 0.15) is 6.54 Å². The zero-order chi connectivity index (χ0) is 16.0. The number of carboxylic acid groups (broad SMARTS) is 1. The average Bonchev–Trinajstić information content (AvgIpc) is 2.41. The summed E-state index contributed by atoms with van der Waals surface area (Å²) in [5, 5.41) is 11.7.